The normalized spacial score (nSPS) is 13.6. The van der Waals surface area contributed by atoms with Gasteiger partial charge in [-0.3, -0.25) is 0 Å². The van der Waals surface area contributed by atoms with Gasteiger partial charge in [0.25, 0.3) is 0 Å². The third-order valence-corrected chi connectivity index (χ3v) is 4.73. The topological polar surface area (TPSA) is 92.4 Å². The number of rotatable bonds is 8. The lowest BCUT2D eigenvalue weighted by Gasteiger charge is -2.20. The van der Waals surface area contributed by atoms with E-state index in [-0.39, 0.29) is 18.2 Å². The minimum Gasteiger partial charge on any atom is -0.399 e. The first-order valence-electron chi connectivity index (χ1n) is 6.87. The Labute approximate surface area is 121 Å². The van der Waals surface area contributed by atoms with Crippen molar-refractivity contribution in [3.05, 3.63) is 29.8 Å². The highest BCUT2D eigenvalue weighted by molar-refractivity contribution is 7.88. The molecule has 0 spiro atoms. The van der Waals surface area contributed by atoms with Crippen molar-refractivity contribution in [1.82, 2.24) is 4.72 Å². The first kappa shape index (κ1) is 16.9. The van der Waals surface area contributed by atoms with E-state index in [1.165, 1.54) is 0 Å². The van der Waals surface area contributed by atoms with Crippen LogP contribution in [0.4, 0.5) is 5.69 Å². The molecule has 20 heavy (non-hydrogen) atoms. The summed E-state index contributed by atoms with van der Waals surface area (Å²) in [7, 11) is -3.46. The van der Waals surface area contributed by atoms with Gasteiger partial charge in [0.2, 0.25) is 10.0 Å². The van der Waals surface area contributed by atoms with Crippen LogP contribution in [0.3, 0.4) is 0 Å². The predicted molar refractivity (Wildman–Crippen MR) is 81.6 cm³/mol. The average molecular weight is 300 g/mol. The van der Waals surface area contributed by atoms with Gasteiger partial charge in [0.05, 0.1) is 11.9 Å². The summed E-state index contributed by atoms with van der Waals surface area (Å²) in [4.78, 5) is 0. The van der Waals surface area contributed by atoms with Gasteiger partial charge in [-0.2, -0.15) is 0 Å². The number of sulfonamides is 1. The van der Waals surface area contributed by atoms with Crippen molar-refractivity contribution in [2.45, 2.75) is 38.5 Å². The fourth-order valence-corrected chi connectivity index (χ4v) is 3.31. The molecule has 0 fully saturated rings. The van der Waals surface area contributed by atoms with E-state index in [9.17, 15) is 13.5 Å². The molecule has 0 aromatic heterocycles. The molecule has 0 aliphatic rings. The van der Waals surface area contributed by atoms with Gasteiger partial charge in [-0.15, -0.1) is 0 Å². The van der Waals surface area contributed by atoms with Crippen molar-refractivity contribution in [3.63, 3.8) is 0 Å². The highest BCUT2D eigenvalue weighted by Gasteiger charge is 2.19. The number of nitrogen functional groups attached to an aromatic ring is 1. The highest BCUT2D eigenvalue weighted by atomic mass is 32.2. The van der Waals surface area contributed by atoms with Crippen LogP contribution in [0, 0.1) is 5.92 Å². The van der Waals surface area contributed by atoms with Crippen LogP contribution in [0.2, 0.25) is 0 Å². The van der Waals surface area contributed by atoms with Crippen LogP contribution in [0.5, 0.6) is 0 Å². The van der Waals surface area contributed by atoms with Gasteiger partial charge >= 0.3 is 0 Å². The molecule has 0 saturated carbocycles. The second kappa shape index (κ2) is 7.61. The maximum Gasteiger partial charge on any atom is 0.215 e. The monoisotopic (exact) mass is 300 g/mol. The van der Waals surface area contributed by atoms with Crippen LogP contribution < -0.4 is 10.5 Å². The second-order valence-electron chi connectivity index (χ2n) is 5.00. The Morgan fingerprint density at radius 2 is 1.95 bits per heavy atom. The molecule has 0 radical (unpaired) electrons. The predicted octanol–water partition coefficient (Wildman–Crippen LogP) is 1.49. The fraction of sp³-hybridized carbons (Fsp3) is 0.571. The Bertz CT molecular complexity index is 513. The molecule has 4 N–H and O–H groups in total. The summed E-state index contributed by atoms with van der Waals surface area (Å²) in [5, 5.41) is 9.94. The Hall–Kier alpha value is -1.11. The molecule has 6 heteroatoms. The smallest absolute Gasteiger partial charge is 0.215 e. The molecule has 0 saturated heterocycles. The Balaban J connectivity index is 2.58. The molecule has 1 aromatic carbocycles. The number of hydrogen-bond acceptors (Lipinski definition) is 4. The summed E-state index contributed by atoms with van der Waals surface area (Å²) in [5.74, 6) is -0.0155. The molecule has 5 nitrogen and oxygen atoms in total. The summed E-state index contributed by atoms with van der Waals surface area (Å²) in [6, 6.07) is 6.78. The molecule has 0 bridgehead atoms. The fourth-order valence-electron chi connectivity index (χ4n) is 2.17. The largest absolute Gasteiger partial charge is 0.399 e. The quantitative estimate of drug-likeness (QED) is 0.634. The van der Waals surface area contributed by atoms with Crippen LogP contribution >= 0.6 is 0 Å². The molecule has 1 rings (SSSR count). The van der Waals surface area contributed by atoms with E-state index in [0.717, 1.165) is 12.8 Å². The van der Waals surface area contributed by atoms with E-state index in [2.05, 4.69) is 4.72 Å². The molecule has 0 aliphatic carbocycles. The van der Waals surface area contributed by atoms with Gasteiger partial charge in [0.15, 0.2) is 0 Å². The summed E-state index contributed by atoms with van der Waals surface area (Å²) < 4.78 is 26.4. The lowest BCUT2D eigenvalue weighted by Crippen LogP contribution is -2.36. The Morgan fingerprint density at radius 1 is 1.30 bits per heavy atom. The molecular weight excluding hydrogens is 276 g/mol. The third kappa shape index (κ3) is 5.48. The second-order valence-corrected chi connectivity index (χ2v) is 6.80. The molecule has 114 valence electrons. The summed E-state index contributed by atoms with van der Waals surface area (Å²) in [6.07, 6.45) is 1.00. The zero-order chi connectivity index (χ0) is 15.2. The van der Waals surface area contributed by atoms with Crippen molar-refractivity contribution in [2.24, 2.45) is 5.92 Å². The van der Waals surface area contributed by atoms with E-state index >= 15 is 0 Å². The van der Waals surface area contributed by atoms with Gasteiger partial charge < -0.3 is 10.8 Å². The molecule has 0 heterocycles. The van der Waals surface area contributed by atoms with Gasteiger partial charge in [-0.25, -0.2) is 13.1 Å². The van der Waals surface area contributed by atoms with Crippen molar-refractivity contribution >= 4 is 15.7 Å². The van der Waals surface area contributed by atoms with Crippen LogP contribution in [-0.4, -0.2) is 26.2 Å². The van der Waals surface area contributed by atoms with E-state index in [1.807, 2.05) is 13.8 Å². The zero-order valence-electron chi connectivity index (χ0n) is 12.0. The van der Waals surface area contributed by atoms with Gasteiger partial charge in [-0.1, -0.05) is 38.8 Å². The average Bonchev–Trinajstić information content (AvgIpc) is 2.37. The maximum atomic E-state index is 12.0. The number of nitrogens with two attached hydrogens (primary N) is 1. The number of aliphatic hydroxyl groups is 1. The standard InChI is InChI=1S/C14H24N2O3S/c1-3-12(4-2)14(17)9-16-20(18,19)10-11-6-5-7-13(15)8-11/h5-8,12,14,16-17H,3-4,9-10,15H2,1-2H3. The van der Waals surface area contributed by atoms with Crippen LogP contribution in [0.25, 0.3) is 0 Å². The molecular formula is C14H24N2O3S. The van der Waals surface area contributed by atoms with Crippen molar-refractivity contribution in [1.29, 1.82) is 0 Å². The van der Waals surface area contributed by atoms with E-state index in [4.69, 9.17) is 5.73 Å². The maximum absolute atomic E-state index is 12.0. The molecule has 0 amide bonds. The van der Waals surface area contributed by atoms with E-state index < -0.39 is 16.1 Å². The van der Waals surface area contributed by atoms with Crippen molar-refractivity contribution < 1.29 is 13.5 Å². The molecule has 1 aromatic rings. The van der Waals surface area contributed by atoms with Crippen LogP contribution in [0.15, 0.2) is 24.3 Å². The Kier molecular flexibility index (Phi) is 6.45. The lowest BCUT2D eigenvalue weighted by molar-refractivity contribution is 0.107. The zero-order valence-corrected chi connectivity index (χ0v) is 12.9. The SMILES string of the molecule is CCC(CC)C(O)CNS(=O)(=O)Cc1cccc(N)c1. The lowest BCUT2D eigenvalue weighted by atomic mass is 9.97. The van der Waals surface area contributed by atoms with Crippen LogP contribution in [-0.2, 0) is 15.8 Å². The minimum absolute atomic E-state index is 0.0526. The molecule has 0 aliphatic heterocycles. The van der Waals surface area contributed by atoms with Gasteiger partial charge in [0, 0.05) is 12.2 Å². The minimum atomic E-state index is -3.46. The number of nitrogens with one attached hydrogen (secondary N) is 1. The summed E-state index contributed by atoms with van der Waals surface area (Å²) >= 11 is 0. The van der Waals surface area contributed by atoms with Gasteiger partial charge in [0.1, 0.15) is 0 Å². The first-order chi connectivity index (χ1) is 9.38. The third-order valence-electron chi connectivity index (χ3n) is 3.41. The number of hydrogen-bond donors (Lipinski definition) is 3. The number of aliphatic hydroxyl groups excluding tert-OH is 1. The van der Waals surface area contributed by atoms with E-state index in [1.54, 1.807) is 24.3 Å². The van der Waals surface area contributed by atoms with Crippen LogP contribution in [0.1, 0.15) is 32.3 Å². The Morgan fingerprint density at radius 3 is 2.50 bits per heavy atom. The summed E-state index contributed by atoms with van der Waals surface area (Å²) in [5.41, 5.74) is 6.79. The number of anilines is 1. The summed E-state index contributed by atoms with van der Waals surface area (Å²) in [6.45, 7) is 4.02. The molecule has 1 atom stereocenters. The van der Waals surface area contributed by atoms with Gasteiger partial charge in [-0.05, 0) is 23.6 Å². The van der Waals surface area contributed by atoms with Crippen molar-refractivity contribution in [3.8, 4) is 0 Å². The number of benzene rings is 1. The first-order valence-corrected chi connectivity index (χ1v) is 8.53. The van der Waals surface area contributed by atoms with Crippen molar-refractivity contribution in [2.75, 3.05) is 12.3 Å². The highest BCUT2D eigenvalue weighted by Crippen LogP contribution is 2.13. The molecule has 1 unspecified atom stereocenters. The van der Waals surface area contributed by atoms with E-state index in [0.29, 0.717) is 11.3 Å².